The number of carbonyl (C=O) groups excluding carboxylic acids is 4. The smallest absolute Gasteiger partial charge is 0.430 e. The first-order valence-electron chi connectivity index (χ1n) is 30.4. The van der Waals surface area contributed by atoms with Crippen LogP contribution in [0, 0.1) is 11.6 Å². The van der Waals surface area contributed by atoms with Crippen LogP contribution in [0.4, 0.5) is 35.1 Å². The van der Waals surface area contributed by atoms with E-state index in [9.17, 15) is 44.7 Å². The van der Waals surface area contributed by atoms with Crippen LogP contribution >= 0.6 is 0 Å². The maximum atomic E-state index is 14.9. The predicted octanol–water partition coefficient (Wildman–Crippen LogP) is 6.98. The first-order valence-corrected chi connectivity index (χ1v) is 30.4. The zero-order chi connectivity index (χ0) is 66.6. The quantitative estimate of drug-likeness (QED) is 0.0576. The van der Waals surface area contributed by atoms with Gasteiger partial charge in [0.2, 0.25) is 0 Å². The molecule has 4 fully saturated rings. The number of benzene rings is 6. The Hall–Kier alpha value is -7.68. The van der Waals surface area contributed by atoms with E-state index in [4.69, 9.17) is 29.3 Å². The van der Waals surface area contributed by atoms with Crippen LogP contribution in [-0.2, 0) is 58.3 Å². The minimum atomic E-state index is -5.19. The van der Waals surface area contributed by atoms with E-state index in [2.05, 4.69) is 95.4 Å². The van der Waals surface area contributed by atoms with Gasteiger partial charge in [0.25, 0.3) is 11.8 Å². The van der Waals surface area contributed by atoms with Crippen LogP contribution in [0.1, 0.15) is 67.9 Å². The number of rotatable bonds is 16. The van der Waals surface area contributed by atoms with Gasteiger partial charge in [0.05, 0.1) is 40.5 Å². The van der Waals surface area contributed by atoms with E-state index in [0.717, 1.165) is 160 Å². The molecule has 2 atom stereocenters. The first-order chi connectivity index (χ1) is 43.6. The number of morpholine rings is 2. The summed E-state index contributed by atoms with van der Waals surface area (Å²) in [5.74, 6) is -6.78. The number of aliphatic carboxylic acids is 2. The van der Waals surface area contributed by atoms with Gasteiger partial charge in [-0.25, -0.2) is 8.78 Å². The highest BCUT2D eigenvalue weighted by atomic mass is 19.4. The number of hydrogen-bond acceptors (Lipinski definition) is 12. The Morgan fingerprint density at radius 3 is 1.21 bits per heavy atom. The number of amides is 2. The van der Waals surface area contributed by atoms with E-state index in [0.29, 0.717) is 47.4 Å². The second-order valence-corrected chi connectivity index (χ2v) is 24.2. The summed E-state index contributed by atoms with van der Waals surface area (Å²) in [4.78, 5) is 48.4. The summed E-state index contributed by atoms with van der Waals surface area (Å²) in [6, 6.07) is 43.1. The number of alkyl halides is 6. The van der Waals surface area contributed by atoms with Gasteiger partial charge in [0.1, 0.15) is 62.8 Å². The normalized spacial score (nSPS) is 18.3. The zero-order valence-corrected chi connectivity index (χ0v) is 52.1. The van der Waals surface area contributed by atoms with Gasteiger partial charge >= 0.3 is 12.4 Å². The molecule has 4 saturated heterocycles. The number of nitrogens with zero attached hydrogens (tertiary/aromatic N) is 4. The number of halogens is 8. The largest absolute Gasteiger partial charge is 0.542 e. The number of carboxylic acids is 2. The van der Waals surface area contributed by atoms with E-state index in [-0.39, 0.29) is 23.4 Å². The lowest BCUT2D eigenvalue weighted by atomic mass is 10.00. The molecular formula is C68H80F8N8O8. The number of likely N-dealkylation sites (N-methyl/N-ethyl adjacent to an activating group) is 2. The fourth-order valence-corrected chi connectivity index (χ4v) is 11.3. The van der Waals surface area contributed by atoms with Crippen molar-refractivity contribution in [3.63, 3.8) is 0 Å². The molecule has 10 rings (SSSR count). The third-order valence-electron chi connectivity index (χ3n) is 16.2. The maximum absolute atomic E-state index is 14.9. The minimum Gasteiger partial charge on any atom is -0.542 e. The predicted molar refractivity (Wildman–Crippen MR) is 327 cm³/mol. The number of carboxylic acid groups (broad SMARTS) is 2. The van der Waals surface area contributed by atoms with Crippen LogP contribution in [0.3, 0.4) is 0 Å². The van der Waals surface area contributed by atoms with Crippen molar-refractivity contribution in [2.75, 3.05) is 106 Å². The van der Waals surface area contributed by atoms with E-state index in [1.54, 1.807) is 12.1 Å². The summed E-state index contributed by atoms with van der Waals surface area (Å²) in [6.07, 6.45) is -10.4. The second-order valence-electron chi connectivity index (χ2n) is 24.2. The third-order valence-corrected chi connectivity index (χ3v) is 16.2. The maximum Gasteiger partial charge on any atom is 0.430 e. The van der Waals surface area contributed by atoms with Crippen LogP contribution in [0.25, 0.3) is 22.3 Å². The number of ether oxygens (including phenoxy) is 2. The molecule has 2 amide bonds. The molecule has 92 heavy (non-hydrogen) atoms. The van der Waals surface area contributed by atoms with Crippen LogP contribution in [-0.4, -0.2) is 173 Å². The lowest BCUT2D eigenvalue weighted by Crippen LogP contribution is -2.51. The highest BCUT2D eigenvalue weighted by Gasteiger charge is 2.31. The molecule has 16 nitrogen and oxygen atoms in total. The van der Waals surface area contributed by atoms with Crippen LogP contribution in [0.2, 0.25) is 0 Å². The van der Waals surface area contributed by atoms with E-state index in [1.807, 2.05) is 72.8 Å². The van der Waals surface area contributed by atoms with Crippen molar-refractivity contribution in [2.24, 2.45) is 0 Å². The number of hydrogen-bond donors (Lipinski definition) is 4. The van der Waals surface area contributed by atoms with Crippen molar-refractivity contribution in [2.45, 2.75) is 77.6 Å². The average Bonchev–Trinajstić information content (AvgIpc) is 0.902. The van der Waals surface area contributed by atoms with Crippen molar-refractivity contribution in [3.05, 3.63) is 190 Å². The summed E-state index contributed by atoms with van der Waals surface area (Å²) < 4.78 is 106. The Labute approximate surface area is 531 Å². The van der Waals surface area contributed by atoms with Gasteiger partial charge in [-0.1, -0.05) is 72.8 Å². The van der Waals surface area contributed by atoms with E-state index < -0.39 is 24.3 Å². The number of carbonyl (C=O) groups is 4. The molecule has 4 aliphatic heterocycles. The fraction of sp³-hybridized carbons (Fsp3) is 0.412. The van der Waals surface area contributed by atoms with E-state index in [1.165, 1.54) is 23.3 Å². The molecule has 0 spiro atoms. The monoisotopic (exact) mass is 1290 g/mol. The molecule has 0 bridgehead atoms. The molecular weight excluding hydrogens is 1210 g/mol. The molecule has 0 aliphatic carbocycles. The molecule has 6 aromatic carbocycles. The summed E-state index contributed by atoms with van der Waals surface area (Å²) in [7, 11) is 4.48. The Kier molecular flexibility index (Phi) is 25.9. The Morgan fingerprint density at radius 1 is 0.511 bits per heavy atom. The molecule has 0 aromatic heterocycles. The summed E-state index contributed by atoms with van der Waals surface area (Å²) in [6.45, 7) is 21.5. The Morgan fingerprint density at radius 2 is 0.859 bits per heavy atom. The van der Waals surface area contributed by atoms with Crippen LogP contribution in [0.5, 0.6) is 0 Å². The lowest BCUT2D eigenvalue weighted by Gasteiger charge is -2.37. The summed E-state index contributed by atoms with van der Waals surface area (Å²) in [5, 5.41) is 30.6. The average molecular weight is 1290 g/mol. The molecule has 0 radical (unpaired) electrons. The van der Waals surface area contributed by atoms with Crippen molar-refractivity contribution in [1.82, 2.24) is 31.1 Å². The topological polar surface area (TPSA) is 187 Å². The highest BCUT2D eigenvalue weighted by Crippen LogP contribution is 2.28. The van der Waals surface area contributed by atoms with Crippen LogP contribution in [0.15, 0.2) is 133 Å². The van der Waals surface area contributed by atoms with Gasteiger partial charge in [-0.3, -0.25) is 19.4 Å². The number of quaternary nitrogens is 2. The second kappa shape index (κ2) is 33.2. The molecule has 24 heteroatoms. The summed E-state index contributed by atoms with van der Waals surface area (Å²) in [5.41, 5.74) is 10.5. The molecule has 4 aliphatic rings. The number of nitrogens with one attached hydrogen (secondary N) is 4. The van der Waals surface area contributed by atoms with Gasteiger partial charge in [0, 0.05) is 111 Å². The van der Waals surface area contributed by atoms with Gasteiger partial charge in [-0.15, -0.1) is 0 Å². The third kappa shape index (κ3) is 22.9. The van der Waals surface area contributed by atoms with Gasteiger partial charge in [0.15, 0.2) is 0 Å². The van der Waals surface area contributed by atoms with Crippen LogP contribution < -0.4 is 31.5 Å². The first kappa shape index (κ1) is 71.8. The molecule has 0 unspecified atom stereocenters. The molecule has 4 heterocycles. The summed E-state index contributed by atoms with van der Waals surface area (Å²) >= 11 is 0. The minimum absolute atomic E-state index is 0.125. The Balaban J connectivity index is 0.000000216. The molecule has 6 aromatic rings. The van der Waals surface area contributed by atoms with E-state index >= 15 is 0 Å². The SMILES string of the molecule is C[C@H]1CN(Cc2cccc(-c3cc(CNC(=O)c4cccc(C[N+]5(C)CCOCC5)c4)ccc3F)c2)CCN1.C[C@H]1CN(Cc2cccc(-c3cc(CNC(=O)c4cccc(C[N+]5(C)CCOCC5)c4)ccc3F)c2)CCN1.O=C([O-])C(F)(F)F.O=C([O-])C(F)(F)F. The Bertz CT molecular complexity index is 3210. The zero-order valence-electron chi connectivity index (χ0n) is 52.1. The van der Waals surface area contributed by atoms with Gasteiger partial charge < -0.3 is 59.5 Å². The molecule has 0 saturated carbocycles. The van der Waals surface area contributed by atoms with Crippen molar-refractivity contribution < 1.29 is 83.0 Å². The molecule has 496 valence electrons. The lowest BCUT2D eigenvalue weighted by molar-refractivity contribution is -0.929. The number of piperazine rings is 2. The van der Waals surface area contributed by atoms with Gasteiger partial charge in [-0.05, 0) is 108 Å². The van der Waals surface area contributed by atoms with Gasteiger partial charge in [-0.2, -0.15) is 26.3 Å². The van der Waals surface area contributed by atoms with Crippen molar-refractivity contribution in [1.29, 1.82) is 0 Å². The van der Waals surface area contributed by atoms with Crippen molar-refractivity contribution >= 4 is 23.8 Å². The fourth-order valence-electron chi connectivity index (χ4n) is 11.3. The molecule has 4 N–H and O–H groups in total. The highest BCUT2D eigenvalue weighted by molar-refractivity contribution is 5.95. The van der Waals surface area contributed by atoms with Crippen molar-refractivity contribution in [3.8, 4) is 22.3 Å². The standard InChI is InChI=1S/2C32H39FN4O2.2C2HF3O2/c2*1-24-21-36(12-11-34-24)22-26-5-3-7-28(17-26)30-19-25(9-10-31(30)33)20-35-32(38)29-8-4-6-27(18-29)23-37(2)13-15-39-16-14-37;2*3-2(4,5)1(6)7/h2*3-10,17-19,24,34H,11-16,20-23H2,1-2H3;2*(H,6,7)/t2*24-;;/m00../s1.